The summed E-state index contributed by atoms with van der Waals surface area (Å²) in [6.07, 6.45) is -0.758. The summed E-state index contributed by atoms with van der Waals surface area (Å²) in [5.74, 6) is -0.649. The molecule has 0 radical (unpaired) electrons. The van der Waals surface area contributed by atoms with Crippen LogP contribution in [0, 0.1) is 0 Å². The fourth-order valence-corrected chi connectivity index (χ4v) is 4.09. The monoisotopic (exact) mass is 456 g/mol. The summed E-state index contributed by atoms with van der Waals surface area (Å²) >= 11 is 1.30. The minimum absolute atomic E-state index is 0.188. The van der Waals surface area contributed by atoms with Gasteiger partial charge >= 0.3 is 5.97 Å². The number of aromatic carboxylic acids is 1. The summed E-state index contributed by atoms with van der Waals surface area (Å²) in [6.45, 7) is 3.76. The first-order valence-electron chi connectivity index (χ1n) is 10.2. The molecule has 2 aromatic carbocycles. The molecule has 1 atom stereocenters. The number of aliphatic hydroxyl groups excluding tert-OH is 1. The molecule has 1 aliphatic rings. The van der Waals surface area contributed by atoms with Crippen LogP contribution in [-0.4, -0.2) is 74.7 Å². The number of hydrogen-bond acceptors (Lipinski definition) is 9. The molecule has 0 spiro atoms. The molecule has 2 heterocycles. The molecule has 11 heteroatoms. The average Bonchev–Trinajstić information content (AvgIpc) is 3.31. The Labute approximate surface area is 189 Å². The Balaban J connectivity index is 1.30. The van der Waals surface area contributed by atoms with Gasteiger partial charge in [-0.1, -0.05) is 23.9 Å². The number of aliphatic hydroxyl groups is 1. The van der Waals surface area contributed by atoms with Gasteiger partial charge < -0.3 is 19.8 Å². The minimum Gasteiger partial charge on any atom is -0.478 e. The zero-order chi connectivity index (χ0) is 22.3. The molecule has 0 aliphatic carbocycles. The lowest BCUT2D eigenvalue weighted by Gasteiger charge is -2.29. The van der Waals surface area contributed by atoms with Crippen LogP contribution in [-0.2, 0) is 11.3 Å². The number of hydrogen-bond donors (Lipinski definition) is 3. The van der Waals surface area contributed by atoms with Gasteiger partial charge in [-0.15, -0.1) is 5.10 Å². The van der Waals surface area contributed by atoms with Crippen molar-refractivity contribution in [1.82, 2.24) is 25.5 Å². The third-order valence-corrected chi connectivity index (χ3v) is 5.99. The van der Waals surface area contributed by atoms with Crippen molar-refractivity contribution >= 4 is 23.4 Å². The van der Waals surface area contributed by atoms with E-state index < -0.39 is 12.2 Å². The summed E-state index contributed by atoms with van der Waals surface area (Å²) in [5, 5.41) is 34.7. The number of carboxylic acid groups (broad SMARTS) is 1. The van der Waals surface area contributed by atoms with Gasteiger partial charge in [-0.3, -0.25) is 5.32 Å². The molecule has 0 bridgehead atoms. The second-order valence-corrected chi connectivity index (χ2v) is 8.19. The maximum absolute atomic E-state index is 11.0. The van der Waals surface area contributed by atoms with Crippen molar-refractivity contribution in [2.24, 2.45) is 0 Å². The van der Waals surface area contributed by atoms with E-state index >= 15 is 0 Å². The summed E-state index contributed by atoms with van der Waals surface area (Å²) in [6, 6.07) is 14.5. The molecule has 1 fully saturated rings. The van der Waals surface area contributed by atoms with Gasteiger partial charge in [0.2, 0.25) is 5.16 Å². The number of tetrazole rings is 1. The Kier molecular flexibility index (Phi) is 7.32. The number of aromatic nitrogens is 4. The average molecular weight is 457 g/mol. The van der Waals surface area contributed by atoms with Crippen molar-refractivity contribution in [1.29, 1.82) is 0 Å². The van der Waals surface area contributed by atoms with Crippen molar-refractivity contribution in [3.8, 4) is 5.69 Å². The van der Waals surface area contributed by atoms with E-state index in [1.165, 1.54) is 28.6 Å². The van der Waals surface area contributed by atoms with Gasteiger partial charge in [-0.05, 0) is 52.4 Å². The van der Waals surface area contributed by atoms with Gasteiger partial charge in [0, 0.05) is 31.1 Å². The number of carbonyl (C=O) groups is 1. The van der Waals surface area contributed by atoms with Crippen LogP contribution >= 0.6 is 11.8 Å². The molecule has 3 aromatic rings. The number of ether oxygens (including phenoxy) is 1. The Hall–Kier alpha value is -2.99. The number of benzene rings is 2. The van der Waals surface area contributed by atoms with E-state index in [2.05, 4.69) is 37.9 Å². The van der Waals surface area contributed by atoms with Crippen LogP contribution in [0.3, 0.4) is 0 Å². The van der Waals surface area contributed by atoms with Crippen LogP contribution in [0.2, 0.25) is 0 Å². The van der Waals surface area contributed by atoms with Crippen LogP contribution < -0.4 is 10.2 Å². The second kappa shape index (κ2) is 10.6. The van der Waals surface area contributed by atoms with Gasteiger partial charge in [0.25, 0.3) is 0 Å². The number of thioether (sulfide) groups is 1. The van der Waals surface area contributed by atoms with E-state index in [9.17, 15) is 9.90 Å². The van der Waals surface area contributed by atoms with Gasteiger partial charge in [0.05, 0.1) is 24.5 Å². The number of rotatable bonds is 9. The SMILES string of the molecule is O=C(O)c1ccc(-n2nnnc2SCC(O)NCc2cccc(N3CCOCC3)c2)cc1. The van der Waals surface area contributed by atoms with Crippen molar-refractivity contribution in [2.45, 2.75) is 17.9 Å². The van der Waals surface area contributed by atoms with Crippen LogP contribution in [0.5, 0.6) is 0 Å². The van der Waals surface area contributed by atoms with Gasteiger partial charge in [-0.25, -0.2) is 4.79 Å². The third-order valence-electron chi connectivity index (χ3n) is 5.00. The highest BCUT2D eigenvalue weighted by atomic mass is 32.2. The second-order valence-electron chi connectivity index (χ2n) is 7.20. The van der Waals surface area contributed by atoms with Crippen LogP contribution in [0.1, 0.15) is 15.9 Å². The number of morpholine rings is 1. The van der Waals surface area contributed by atoms with E-state index in [0.29, 0.717) is 23.1 Å². The van der Waals surface area contributed by atoms with E-state index in [0.717, 1.165) is 37.6 Å². The lowest BCUT2D eigenvalue weighted by atomic mass is 10.1. The largest absolute Gasteiger partial charge is 0.478 e. The van der Waals surface area contributed by atoms with Crippen LogP contribution in [0.25, 0.3) is 5.69 Å². The molecule has 10 nitrogen and oxygen atoms in total. The minimum atomic E-state index is -0.993. The summed E-state index contributed by atoms with van der Waals surface area (Å²) in [5.41, 5.74) is 3.07. The zero-order valence-electron chi connectivity index (χ0n) is 17.3. The predicted molar refractivity (Wildman–Crippen MR) is 119 cm³/mol. The summed E-state index contributed by atoms with van der Waals surface area (Å²) in [7, 11) is 0. The van der Waals surface area contributed by atoms with Crippen molar-refractivity contribution in [2.75, 3.05) is 37.0 Å². The lowest BCUT2D eigenvalue weighted by molar-refractivity contribution is 0.0697. The molecule has 0 amide bonds. The molecule has 3 N–H and O–H groups in total. The third kappa shape index (κ3) is 5.62. The van der Waals surface area contributed by atoms with Crippen molar-refractivity contribution in [3.63, 3.8) is 0 Å². The Morgan fingerprint density at radius 1 is 1.16 bits per heavy atom. The smallest absolute Gasteiger partial charge is 0.335 e. The summed E-state index contributed by atoms with van der Waals surface area (Å²) < 4.78 is 6.92. The number of anilines is 1. The Morgan fingerprint density at radius 2 is 1.94 bits per heavy atom. The normalized spacial score (nSPS) is 15.0. The quantitative estimate of drug-likeness (QED) is 0.321. The molecular formula is C21H24N6O4S. The fraction of sp³-hybridized carbons (Fsp3) is 0.333. The molecule has 32 heavy (non-hydrogen) atoms. The highest BCUT2D eigenvalue weighted by Crippen LogP contribution is 2.20. The fourth-order valence-electron chi connectivity index (χ4n) is 3.31. The number of nitrogens with zero attached hydrogens (tertiary/aromatic N) is 5. The standard InChI is InChI=1S/C21H24N6O4S/c28-19(22-13-15-2-1-3-18(12-15)26-8-10-31-11-9-26)14-32-21-23-24-25-27(21)17-6-4-16(5-7-17)20(29)30/h1-7,12,19,22,28H,8-11,13-14H2,(H,29,30). The molecule has 1 aromatic heterocycles. The van der Waals surface area contributed by atoms with E-state index in [1.54, 1.807) is 12.1 Å². The van der Waals surface area contributed by atoms with Crippen LogP contribution in [0.15, 0.2) is 53.7 Å². The first kappa shape index (κ1) is 22.2. The summed E-state index contributed by atoms with van der Waals surface area (Å²) in [4.78, 5) is 13.3. The highest BCUT2D eigenvalue weighted by Gasteiger charge is 2.14. The molecule has 1 unspecified atom stereocenters. The zero-order valence-corrected chi connectivity index (χ0v) is 18.1. The van der Waals surface area contributed by atoms with Gasteiger partial charge in [-0.2, -0.15) is 4.68 Å². The van der Waals surface area contributed by atoms with Crippen molar-refractivity contribution in [3.05, 3.63) is 59.7 Å². The highest BCUT2D eigenvalue weighted by molar-refractivity contribution is 7.99. The molecule has 0 saturated carbocycles. The molecule has 1 saturated heterocycles. The lowest BCUT2D eigenvalue weighted by Crippen LogP contribution is -2.36. The topological polar surface area (TPSA) is 126 Å². The van der Waals surface area contributed by atoms with E-state index in [4.69, 9.17) is 9.84 Å². The Bertz CT molecular complexity index is 1040. The number of carboxylic acids is 1. The number of nitrogens with one attached hydrogen (secondary N) is 1. The maximum atomic E-state index is 11.0. The Morgan fingerprint density at radius 3 is 2.69 bits per heavy atom. The van der Waals surface area contributed by atoms with Crippen molar-refractivity contribution < 1.29 is 19.7 Å². The molecule has 4 rings (SSSR count). The van der Waals surface area contributed by atoms with Gasteiger partial charge in [0.1, 0.15) is 6.23 Å². The molecular weight excluding hydrogens is 432 g/mol. The van der Waals surface area contributed by atoms with Gasteiger partial charge in [0.15, 0.2) is 0 Å². The molecule has 1 aliphatic heterocycles. The first-order valence-corrected chi connectivity index (χ1v) is 11.2. The van der Waals surface area contributed by atoms with E-state index in [-0.39, 0.29) is 5.56 Å². The molecule has 168 valence electrons. The predicted octanol–water partition coefficient (Wildman–Crippen LogP) is 1.40. The first-order chi connectivity index (χ1) is 15.6. The maximum Gasteiger partial charge on any atom is 0.335 e. The van der Waals surface area contributed by atoms with Crippen LogP contribution in [0.4, 0.5) is 5.69 Å². The van der Waals surface area contributed by atoms with E-state index in [1.807, 2.05) is 12.1 Å².